The number of benzene rings is 1. The van der Waals surface area contributed by atoms with Crippen LogP contribution in [-0.4, -0.2) is 46.7 Å². The number of carbonyl (C=O) groups is 2. The minimum atomic E-state index is -0.0574. The average molecular weight is 284 g/mol. The molecule has 0 spiro atoms. The predicted molar refractivity (Wildman–Crippen MR) is 79.2 cm³/mol. The molecule has 0 atom stereocenters. The summed E-state index contributed by atoms with van der Waals surface area (Å²) in [4.78, 5) is 31.2. The number of aromatic nitrogens is 1. The second kappa shape index (κ2) is 5.05. The summed E-state index contributed by atoms with van der Waals surface area (Å²) in [7, 11) is 1.64. The van der Waals surface area contributed by atoms with E-state index in [-0.39, 0.29) is 24.9 Å². The fourth-order valence-corrected chi connectivity index (χ4v) is 2.49. The molecule has 0 unspecified atom stereocenters. The molecule has 6 heteroatoms. The Labute approximate surface area is 122 Å². The highest BCUT2D eigenvalue weighted by Gasteiger charge is 2.27. The van der Waals surface area contributed by atoms with Crippen molar-refractivity contribution >= 4 is 28.4 Å². The lowest BCUT2D eigenvalue weighted by Gasteiger charge is -2.31. The number of rotatable bonds is 2. The molecule has 1 aromatic carbocycles. The van der Waals surface area contributed by atoms with E-state index in [2.05, 4.69) is 4.98 Å². The molecule has 108 valence electrons. The molecule has 0 radical (unpaired) electrons. The number of piperazine rings is 1. The van der Waals surface area contributed by atoms with Crippen molar-refractivity contribution in [3.8, 4) is 0 Å². The fourth-order valence-electron chi connectivity index (χ4n) is 2.49. The molecule has 6 nitrogen and oxygen atoms in total. The maximum atomic E-state index is 12.0. The summed E-state index contributed by atoms with van der Waals surface area (Å²) < 4.78 is 0. The standard InChI is InChI=1S/C15H16N4O2/c1-18-8-14(21)19(9-13(18)20)7-10-4-5-12(16)11-3-2-6-17-15(10)11/h2-6H,7-9,16H2,1H3. The molecule has 21 heavy (non-hydrogen) atoms. The fraction of sp³-hybridized carbons (Fsp3) is 0.267. The molecule has 2 N–H and O–H groups in total. The van der Waals surface area contributed by atoms with Crippen LogP contribution in [0.3, 0.4) is 0 Å². The number of fused-ring (bicyclic) bond motifs is 1. The maximum Gasteiger partial charge on any atom is 0.242 e. The first-order valence-corrected chi connectivity index (χ1v) is 6.70. The molecule has 1 saturated heterocycles. The van der Waals surface area contributed by atoms with E-state index >= 15 is 0 Å². The average Bonchev–Trinajstić information content (AvgIpc) is 2.48. The van der Waals surface area contributed by atoms with E-state index in [1.807, 2.05) is 24.3 Å². The number of amides is 2. The maximum absolute atomic E-state index is 12.0. The molecule has 2 heterocycles. The van der Waals surface area contributed by atoms with Crippen LogP contribution in [0.5, 0.6) is 0 Å². The monoisotopic (exact) mass is 284 g/mol. The molecular weight excluding hydrogens is 268 g/mol. The summed E-state index contributed by atoms with van der Waals surface area (Å²) in [6.07, 6.45) is 1.70. The van der Waals surface area contributed by atoms with Crippen molar-refractivity contribution in [3.05, 3.63) is 36.0 Å². The number of carbonyl (C=O) groups excluding carboxylic acids is 2. The number of hydrogen-bond acceptors (Lipinski definition) is 4. The Kier molecular flexibility index (Phi) is 3.21. The summed E-state index contributed by atoms with van der Waals surface area (Å²) >= 11 is 0. The highest BCUT2D eigenvalue weighted by molar-refractivity contribution is 5.94. The minimum Gasteiger partial charge on any atom is -0.398 e. The van der Waals surface area contributed by atoms with Gasteiger partial charge in [-0.25, -0.2) is 0 Å². The van der Waals surface area contributed by atoms with Gasteiger partial charge in [-0.3, -0.25) is 14.6 Å². The summed E-state index contributed by atoms with van der Waals surface area (Å²) in [5, 5.41) is 0.864. The van der Waals surface area contributed by atoms with Crippen molar-refractivity contribution in [3.63, 3.8) is 0 Å². The van der Waals surface area contributed by atoms with Gasteiger partial charge in [0.05, 0.1) is 12.1 Å². The van der Waals surface area contributed by atoms with Crippen LogP contribution in [0.25, 0.3) is 10.9 Å². The van der Waals surface area contributed by atoms with Crippen molar-refractivity contribution in [2.45, 2.75) is 6.54 Å². The number of anilines is 1. The van der Waals surface area contributed by atoms with Crippen molar-refractivity contribution < 1.29 is 9.59 Å². The third kappa shape index (κ3) is 2.40. The molecule has 0 bridgehead atoms. The van der Waals surface area contributed by atoms with Gasteiger partial charge in [0.15, 0.2) is 0 Å². The topological polar surface area (TPSA) is 79.5 Å². The minimum absolute atomic E-state index is 0.0534. The molecule has 1 aliphatic heterocycles. The third-order valence-electron chi connectivity index (χ3n) is 3.73. The van der Waals surface area contributed by atoms with Crippen LogP contribution in [0.1, 0.15) is 5.56 Å². The van der Waals surface area contributed by atoms with Crippen LogP contribution in [0, 0.1) is 0 Å². The van der Waals surface area contributed by atoms with Gasteiger partial charge in [-0.1, -0.05) is 6.07 Å². The lowest BCUT2D eigenvalue weighted by Crippen LogP contribution is -2.51. The zero-order valence-electron chi connectivity index (χ0n) is 11.7. The van der Waals surface area contributed by atoms with Crippen LogP contribution < -0.4 is 5.73 Å². The van der Waals surface area contributed by atoms with Gasteiger partial charge in [-0.2, -0.15) is 0 Å². The van der Waals surface area contributed by atoms with E-state index < -0.39 is 0 Å². The Balaban J connectivity index is 1.94. The van der Waals surface area contributed by atoms with E-state index in [9.17, 15) is 9.59 Å². The zero-order valence-corrected chi connectivity index (χ0v) is 11.7. The van der Waals surface area contributed by atoms with Gasteiger partial charge >= 0.3 is 0 Å². The largest absolute Gasteiger partial charge is 0.398 e. The first-order chi connectivity index (χ1) is 10.1. The summed E-state index contributed by atoms with van der Waals surface area (Å²) in [5.41, 5.74) is 8.27. The van der Waals surface area contributed by atoms with E-state index in [4.69, 9.17) is 5.73 Å². The lowest BCUT2D eigenvalue weighted by molar-refractivity contribution is -0.149. The van der Waals surface area contributed by atoms with Gasteiger partial charge in [-0.05, 0) is 23.8 Å². The first-order valence-electron chi connectivity index (χ1n) is 6.70. The summed E-state index contributed by atoms with van der Waals surface area (Å²) in [6.45, 7) is 0.597. The Morgan fingerprint density at radius 2 is 2.00 bits per heavy atom. The van der Waals surface area contributed by atoms with Crippen molar-refractivity contribution in [1.29, 1.82) is 0 Å². The molecule has 1 aromatic heterocycles. The highest BCUT2D eigenvalue weighted by atomic mass is 16.2. The smallest absolute Gasteiger partial charge is 0.242 e. The molecule has 1 aliphatic rings. The van der Waals surface area contributed by atoms with Crippen molar-refractivity contribution in [1.82, 2.24) is 14.8 Å². The van der Waals surface area contributed by atoms with Gasteiger partial charge in [0.2, 0.25) is 11.8 Å². The lowest BCUT2D eigenvalue weighted by atomic mass is 10.1. The van der Waals surface area contributed by atoms with Gasteiger partial charge in [0.25, 0.3) is 0 Å². The molecule has 2 aromatic rings. The molecule has 2 amide bonds. The first kappa shape index (κ1) is 13.4. The van der Waals surface area contributed by atoms with Gasteiger partial charge in [0.1, 0.15) is 6.54 Å². The Hall–Kier alpha value is -2.63. The Bertz CT molecular complexity index is 729. The quantitative estimate of drug-likeness (QED) is 0.820. The summed E-state index contributed by atoms with van der Waals surface area (Å²) in [6, 6.07) is 7.40. The Morgan fingerprint density at radius 1 is 1.19 bits per heavy atom. The normalized spacial score (nSPS) is 15.9. The second-order valence-electron chi connectivity index (χ2n) is 5.21. The second-order valence-corrected chi connectivity index (χ2v) is 5.21. The number of nitrogens with zero attached hydrogens (tertiary/aromatic N) is 3. The Morgan fingerprint density at radius 3 is 2.81 bits per heavy atom. The molecular formula is C15H16N4O2. The molecule has 3 rings (SSSR count). The third-order valence-corrected chi connectivity index (χ3v) is 3.73. The predicted octanol–water partition coefficient (Wildman–Crippen LogP) is 0.618. The SMILES string of the molecule is CN1CC(=O)N(Cc2ccc(N)c3cccnc23)CC1=O. The van der Waals surface area contributed by atoms with Crippen LogP contribution >= 0.6 is 0 Å². The summed E-state index contributed by atoms with van der Waals surface area (Å²) in [5.74, 6) is -0.111. The number of pyridine rings is 1. The van der Waals surface area contributed by atoms with Crippen molar-refractivity contribution in [2.75, 3.05) is 25.9 Å². The van der Waals surface area contributed by atoms with Gasteiger partial charge in [0, 0.05) is 30.9 Å². The van der Waals surface area contributed by atoms with Crippen LogP contribution in [0.15, 0.2) is 30.5 Å². The van der Waals surface area contributed by atoms with Gasteiger partial charge < -0.3 is 15.5 Å². The van der Waals surface area contributed by atoms with E-state index in [1.54, 1.807) is 18.1 Å². The number of nitrogen functional groups attached to an aromatic ring is 1. The molecule has 1 fully saturated rings. The zero-order chi connectivity index (χ0) is 15.0. The van der Waals surface area contributed by atoms with Crippen LogP contribution in [-0.2, 0) is 16.1 Å². The number of nitrogens with two attached hydrogens (primary N) is 1. The van der Waals surface area contributed by atoms with Gasteiger partial charge in [-0.15, -0.1) is 0 Å². The van der Waals surface area contributed by atoms with Crippen molar-refractivity contribution in [2.24, 2.45) is 0 Å². The van der Waals surface area contributed by atoms with E-state index in [0.717, 1.165) is 16.5 Å². The van der Waals surface area contributed by atoms with E-state index in [0.29, 0.717) is 12.2 Å². The number of hydrogen-bond donors (Lipinski definition) is 1. The van der Waals surface area contributed by atoms with E-state index in [1.165, 1.54) is 4.90 Å². The highest BCUT2D eigenvalue weighted by Crippen LogP contribution is 2.24. The van der Waals surface area contributed by atoms with Crippen LogP contribution in [0.4, 0.5) is 5.69 Å². The van der Waals surface area contributed by atoms with Crippen LogP contribution in [0.2, 0.25) is 0 Å². The molecule has 0 saturated carbocycles. The number of likely N-dealkylation sites (N-methyl/N-ethyl adjacent to an activating group) is 1. The molecule has 0 aliphatic carbocycles.